The van der Waals surface area contributed by atoms with Gasteiger partial charge in [-0.2, -0.15) is 0 Å². The van der Waals surface area contributed by atoms with Crippen LogP contribution in [0.1, 0.15) is 13.8 Å². The van der Waals surface area contributed by atoms with Crippen LogP contribution in [0.5, 0.6) is 0 Å². The fourth-order valence-electron chi connectivity index (χ4n) is 1.10. The van der Waals surface area contributed by atoms with Gasteiger partial charge in [0.1, 0.15) is 13.5 Å². The minimum Gasteiger partial charge on any atom is -0.361 e. The van der Waals surface area contributed by atoms with Gasteiger partial charge in [0.05, 0.1) is 6.67 Å². The quantitative estimate of drug-likeness (QED) is 0.618. The zero-order valence-electron chi connectivity index (χ0n) is 8.40. The molecule has 0 aromatic heterocycles. The Hall–Kier alpha value is -0.740. The Labute approximate surface area is 79.7 Å². The van der Waals surface area contributed by atoms with E-state index in [4.69, 9.17) is 9.47 Å². The second-order valence-corrected chi connectivity index (χ2v) is 2.86. The van der Waals surface area contributed by atoms with Crippen molar-refractivity contribution in [3.63, 3.8) is 0 Å². The van der Waals surface area contributed by atoms with E-state index in [1.807, 2.05) is 26.2 Å². The van der Waals surface area contributed by atoms with Gasteiger partial charge in [0, 0.05) is 25.6 Å². The van der Waals surface area contributed by atoms with Gasteiger partial charge in [0.15, 0.2) is 0 Å². The standard InChI is InChI=1S/C9H18N2O2/c1-3-12-8-10-5-6-11(7-10)9-13-4-2/h5-6H,3-4,7-9H2,1-2H3. The Balaban J connectivity index is 2.10. The van der Waals surface area contributed by atoms with Crippen molar-refractivity contribution >= 4 is 0 Å². The van der Waals surface area contributed by atoms with Crippen molar-refractivity contribution in [3.8, 4) is 0 Å². The second kappa shape index (κ2) is 5.83. The molecule has 1 aliphatic heterocycles. The molecular formula is C9H18N2O2. The molecule has 13 heavy (non-hydrogen) atoms. The van der Waals surface area contributed by atoms with E-state index in [0.717, 1.165) is 19.9 Å². The summed E-state index contributed by atoms with van der Waals surface area (Å²) >= 11 is 0. The summed E-state index contributed by atoms with van der Waals surface area (Å²) in [6.07, 6.45) is 4.04. The van der Waals surface area contributed by atoms with Crippen molar-refractivity contribution in [1.82, 2.24) is 9.80 Å². The highest BCUT2D eigenvalue weighted by atomic mass is 16.5. The van der Waals surface area contributed by atoms with Crippen LogP contribution in [0.15, 0.2) is 12.4 Å². The summed E-state index contributed by atoms with van der Waals surface area (Å²) in [7, 11) is 0. The Kier molecular flexibility index (Phi) is 4.64. The summed E-state index contributed by atoms with van der Waals surface area (Å²) in [6, 6.07) is 0. The smallest absolute Gasteiger partial charge is 0.119 e. The lowest BCUT2D eigenvalue weighted by molar-refractivity contribution is 0.0180. The zero-order valence-corrected chi connectivity index (χ0v) is 8.40. The van der Waals surface area contributed by atoms with Crippen LogP contribution in [0.2, 0.25) is 0 Å². The maximum absolute atomic E-state index is 5.28. The van der Waals surface area contributed by atoms with Crippen LogP contribution in [0.25, 0.3) is 0 Å². The fraction of sp³-hybridized carbons (Fsp3) is 0.778. The molecule has 0 unspecified atom stereocenters. The minimum absolute atomic E-state index is 0.662. The van der Waals surface area contributed by atoms with Gasteiger partial charge in [0.25, 0.3) is 0 Å². The average molecular weight is 186 g/mol. The number of hydrogen-bond acceptors (Lipinski definition) is 4. The fourth-order valence-corrected chi connectivity index (χ4v) is 1.10. The van der Waals surface area contributed by atoms with Crippen molar-refractivity contribution in [3.05, 3.63) is 12.4 Å². The molecule has 0 bridgehead atoms. The summed E-state index contributed by atoms with van der Waals surface area (Å²) < 4.78 is 10.6. The van der Waals surface area contributed by atoms with Gasteiger partial charge < -0.3 is 19.3 Å². The molecule has 0 fully saturated rings. The van der Waals surface area contributed by atoms with Crippen molar-refractivity contribution in [2.75, 3.05) is 33.3 Å². The first-order chi connectivity index (χ1) is 6.36. The van der Waals surface area contributed by atoms with E-state index in [1.165, 1.54) is 0 Å². The van der Waals surface area contributed by atoms with Gasteiger partial charge in [-0.15, -0.1) is 0 Å². The summed E-state index contributed by atoms with van der Waals surface area (Å²) in [4.78, 5) is 4.20. The van der Waals surface area contributed by atoms with Gasteiger partial charge >= 0.3 is 0 Å². The van der Waals surface area contributed by atoms with Crippen LogP contribution in [-0.4, -0.2) is 43.1 Å². The SMILES string of the molecule is CCOCN1C=CN(COCC)C1. The molecule has 0 radical (unpaired) electrons. The first-order valence-electron chi connectivity index (χ1n) is 4.68. The van der Waals surface area contributed by atoms with E-state index in [0.29, 0.717) is 13.5 Å². The van der Waals surface area contributed by atoms with Gasteiger partial charge in [-0.25, -0.2) is 0 Å². The van der Waals surface area contributed by atoms with E-state index in [-0.39, 0.29) is 0 Å². The maximum atomic E-state index is 5.28. The third-order valence-electron chi connectivity index (χ3n) is 1.77. The lowest BCUT2D eigenvalue weighted by atomic mass is 10.8. The first kappa shape index (κ1) is 10.3. The molecule has 76 valence electrons. The van der Waals surface area contributed by atoms with E-state index in [9.17, 15) is 0 Å². The molecule has 0 aromatic carbocycles. The van der Waals surface area contributed by atoms with Crippen LogP contribution in [0.4, 0.5) is 0 Å². The molecule has 0 aromatic rings. The van der Waals surface area contributed by atoms with E-state index < -0.39 is 0 Å². The highest BCUT2D eigenvalue weighted by Crippen LogP contribution is 2.05. The van der Waals surface area contributed by atoms with Gasteiger partial charge in [-0.1, -0.05) is 0 Å². The monoisotopic (exact) mass is 186 g/mol. The predicted molar refractivity (Wildman–Crippen MR) is 50.7 cm³/mol. The molecule has 0 atom stereocenters. The van der Waals surface area contributed by atoms with Gasteiger partial charge in [0.2, 0.25) is 0 Å². The molecule has 0 aliphatic carbocycles. The number of ether oxygens (including phenoxy) is 2. The third kappa shape index (κ3) is 3.65. The Morgan fingerprint density at radius 3 is 1.85 bits per heavy atom. The Bertz CT molecular complexity index is 146. The number of nitrogens with zero attached hydrogens (tertiary/aromatic N) is 2. The zero-order chi connectivity index (χ0) is 9.52. The van der Waals surface area contributed by atoms with Crippen molar-refractivity contribution in [1.29, 1.82) is 0 Å². The number of rotatable bonds is 6. The van der Waals surface area contributed by atoms with Crippen LogP contribution in [0.3, 0.4) is 0 Å². The molecule has 0 saturated heterocycles. The molecule has 1 heterocycles. The lowest BCUT2D eigenvalue weighted by Crippen LogP contribution is -2.28. The van der Waals surface area contributed by atoms with Crippen LogP contribution >= 0.6 is 0 Å². The topological polar surface area (TPSA) is 24.9 Å². The Morgan fingerprint density at radius 2 is 1.46 bits per heavy atom. The minimum atomic E-state index is 0.662. The van der Waals surface area contributed by atoms with Gasteiger partial charge in [-0.05, 0) is 13.8 Å². The van der Waals surface area contributed by atoms with Crippen LogP contribution in [0, 0.1) is 0 Å². The van der Waals surface area contributed by atoms with Crippen molar-refractivity contribution in [2.45, 2.75) is 13.8 Å². The maximum Gasteiger partial charge on any atom is 0.119 e. The molecule has 0 spiro atoms. The molecule has 1 aliphatic rings. The van der Waals surface area contributed by atoms with Gasteiger partial charge in [-0.3, -0.25) is 0 Å². The summed E-state index contributed by atoms with van der Waals surface area (Å²) in [5, 5.41) is 0. The molecule has 4 nitrogen and oxygen atoms in total. The first-order valence-corrected chi connectivity index (χ1v) is 4.68. The molecular weight excluding hydrogens is 168 g/mol. The van der Waals surface area contributed by atoms with Crippen molar-refractivity contribution in [2.24, 2.45) is 0 Å². The average Bonchev–Trinajstić information content (AvgIpc) is 2.59. The third-order valence-corrected chi connectivity index (χ3v) is 1.77. The van der Waals surface area contributed by atoms with Crippen LogP contribution in [-0.2, 0) is 9.47 Å². The predicted octanol–water partition coefficient (Wildman–Crippen LogP) is 1.02. The van der Waals surface area contributed by atoms with Crippen molar-refractivity contribution < 1.29 is 9.47 Å². The summed E-state index contributed by atoms with van der Waals surface area (Å²) in [6.45, 7) is 7.70. The molecule has 4 heteroatoms. The second-order valence-electron chi connectivity index (χ2n) is 2.86. The van der Waals surface area contributed by atoms with E-state index >= 15 is 0 Å². The summed E-state index contributed by atoms with van der Waals surface area (Å²) in [5.74, 6) is 0. The highest BCUT2D eigenvalue weighted by Gasteiger charge is 2.10. The summed E-state index contributed by atoms with van der Waals surface area (Å²) in [5.41, 5.74) is 0. The normalized spacial score (nSPS) is 15.8. The lowest BCUT2D eigenvalue weighted by Gasteiger charge is -2.20. The van der Waals surface area contributed by atoms with E-state index in [1.54, 1.807) is 0 Å². The molecule has 1 rings (SSSR count). The molecule has 0 N–H and O–H groups in total. The van der Waals surface area contributed by atoms with Crippen LogP contribution < -0.4 is 0 Å². The Morgan fingerprint density at radius 1 is 1.00 bits per heavy atom. The number of hydrogen-bond donors (Lipinski definition) is 0. The molecule has 0 amide bonds. The highest BCUT2D eigenvalue weighted by molar-refractivity contribution is 4.88. The molecule has 0 saturated carbocycles. The largest absolute Gasteiger partial charge is 0.361 e. The van der Waals surface area contributed by atoms with E-state index in [2.05, 4.69) is 9.80 Å².